The molecular formula is C14H15FN2O2. The summed E-state index contributed by atoms with van der Waals surface area (Å²) in [7, 11) is 0. The first-order valence-electron chi connectivity index (χ1n) is 6.30. The molecule has 4 nitrogen and oxygen atoms in total. The van der Waals surface area contributed by atoms with E-state index in [4.69, 9.17) is 4.74 Å². The fraction of sp³-hybridized carbons (Fsp3) is 0.357. The van der Waals surface area contributed by atoms with Gasteiger partial charge in [-0.25, -0.2) is 4.39 Å². The summed E-state index contributed by atoms with van der Waals surface area (Å²) in [5, 5.41) is 17.3. The van der Waals surface area contributed by atoms with Gasteiger partial charge in [0.15, 0.2) is 0 Å². The van der Waals surface area contributed by atoms with Gasteiger partial charge in [-0.15, -0.1) is 0 Å². The summed E-state index contributed by atoms with van der Waals surface area (Å²) < 4.78 is 18.2. The molecule has 1 aromatic heterocycles. The number of aromatic amines is 1. The van der Waals surface area contributed by atoms with Crippen LogP contribution in [0.4, 0.5) is 4.39 Å². The molecule has 2 atom stereocenters. The molecule has 3 rings (SSSR count). The number of benzene rings is 1. The minimum atomic E-state index is -0.610. The summed E-state index contributed by atoms with van der Waals surface area (Å²) in [6.07, 6.45) is 1.86. The Balaban J connectivity index is 1.91. The second kappa shape index (κ2) is 5.11. The number of aliphatic hydroxyl groups is 1. The van der Waals surface area contributed by atoms with Gasteiger partial charge < -0.3 is 9.84 Å². The van der Waals surface area contributed by atoms with Gasteiger partial charge in [0.2, 0.25) is 0 Å². The van der Waals surface area contributed by atoms with Crippen molar-refractivity contribution in [2.24, 2.45) is 5.92 Å². The van der Waals surface area contributed by atoms with Gasteiger partial charge in [0.1, 0.15) is 5.82 Å². The van der Waals surface area contributed by atoms with E-state index in [9.17, 15) is 9.50 Å². The van der Waals surface area contributed by atoms with Crippen LogP contribution in [-0.2, 0) is 4.74 Å². The second-order valence-electron chi connectivity index (χ2n) is 4.78. The van der Waals surface area contributed by atoms with Crippen LogP contribution in [0.15, 0.2) is 30.5 Å². The maximum atomic E-state index is 12.9. The van der Waals surface area contributed by atoms with Crippen molar-refractivity contribution in [3.63, 3.8) is 0 Å². The number of hydrogen-bond acceptors (Lipinski definition) is 3. The molecule has 0 aliphatic carbocycles. The lowest BCUT2D eigenvalue weighted by Gasteiger charge is -2.16. The summed E-state index contributed by atoms with van der Waals surface area (Å²) in [6.45, 7) is 1.25. The number of hydrogen-bond donors (Lipinski definition) is 2. The van der Waals surface area contributed by atoms with Crippen molar-refractivity contribution in [1.82, 2.24) is 10.2 Å². The van der Waals surface area contributed by atoms with E-state index in [1.807, 2.05) is 0 Å². The fourth-order valence-corrected chi connectivity index (χ4v) is 2.42. The van der Waals surface area contributed by atoms with Crippen LogP contribution < -0.4 is 0 Å². The number of nitrogens with zero attached hydrogens (tertiary/aromatic N) is 1. The van der Waals surface area contributed by atoms with Crippen molar-refractivity contribution in [2.45, 2.75) is 12.5 Å². The lowest BCUT2D eigenvalue weighted by molar-refractivity contribution is 0.0922. The molecule has 2 unspecified atom stereocenters. The molecule has 1 saturated heterocycles. The number of aliphatic hydroxyl groups excluding tert-OH is 1. The van der Waals surface area contributed by atoms with Crippen LogP contribution in [0, 0.1) is 11.7 Å². The maximum Gasteiger partial charge on any atom is 0.123 e. The van der Waals surface area contributed by atoms with Crippen LogP contribution in [0.2, 0.25) is 0 Å². The highest BCUT2D eigenvalue weighted by Gasteiger charge is 2.28. The highest BCUT2D eigenvalue weighted by atomic mass is 19.1. The van der Waals surface area contributed by atoms with Crippen molar-refractivity contribution in [1.29, 1.82) is 0 Å². The Morgan fingerprint density at radius 2 is 2.16 bits per heavy atom. The number of rotatable bonds is 3. The normalized spacial score (nSPS) is 20.6. The molecule has 0 spiro atoms. The second-order valence-corrected chi connectivity index (χ2v) is 4.78. The van der Waals surface area contributed by atoms with E-state index in [1.54, 1.807) is 18.3 Å². The lowest BCUT2D eigenvalue weighted by atomic mass is 9.93. The Morgan fingerprint density at radius 3 is 2.84 bits per heavy atom. The van der Waals surface area contributed by atoms with Gasteiger partial charge in [0.05, 0.1) is 24.6 Å². The molecule has 1 aromatic carbocycles. The molecule has 0 bridgehead atoms. The monoisotopic (exact) mass is 262 g/mol. The SMILES string of the molecule is OC(c1cn[nH]c1-c1ccc(F)cc1)C1CCOC1. The van der Waals surface area contributed by atoms with Crippen molar-refractivity contribution in [3.8, 4) is 11.3 Å². The van der Waals surface area contributed by atoms with Crippen molar-refractivity contribution < 1.29 is 14.2 Å². The van der Waals surface area contributed by atoms with Gasteiger partial charge in [0.25, 0.3) is 0 Å². The molecule has 0 radical (unpaired) electrons. The molecule has 0 saturated carbocycles. The Hall–Kier alpha value is -1.72. The van der Waals surface area contributed by atoms with E-state index in [0.717, 1.165) is 23.2 Å². The van der Waals surface area contributed by atoms with E-state index in [-0.39, 0.29) is 11.7 Å². The summed E-state index contributed by atoms with van der Waals surface area (Å²) in [5.41, 5.74) is 2.29. The third-order valence-electron chi connectivity index (χ3n) is 3.53. The highest BCUT2D eigenvalue weighted by molar-refractivity contribution is 5.63. The topological polar surface area (TPSA) is 58.1 Å². The molecule has 2 N–H and O–H groups in total. The number of ether oxygens (including phenoxy) is 1. The van der Waals surface area contributed by atoms with E-state index in [2.05, 4.69) is 10.2 Å². The summed E-state index contributed by atoms with van der Waals surface area (Å²) in [5.74, 6) is -0.189. The van der Waals surface area contributed by atoms with E-state index in [0.29, 0.717) is 13.2 Å². The highest BCUT2D eigenvalue weighted by Crippen LogP contribution is 2.33. The van der Waals surface area contributed by atoms with Crippen LogP contribution in [-0.4, -0.2) is 28.5 Å². The van der Waals surface area contributed by atoms with Crippen LogP contribution >= 0.6 is 0 Å². The van der Waals surface area contributed by atoms with Gasteiger partial charge in [0, 0.05) is 23.7 Å². The average molecular weight is 262 g/mol. The smallest absolute Gasteiger partial charge is 0.123 e. The first-order chi connectivity index (χ1) is 9.25. The summed E-state index contributed by atoms with van der Waals surface area (Å²) in [4.78, 5) is 0. The predicted molar refractivity (Wildman–Crippen MR) is 67.9 cm³/mol. The third kappa shape index (κ3) is 2.39. The molecule has 2 aromatic rings. The zero-order valence-electron chi connectivity index (χ0n) is 10.3. The molecule has 2 heterocycles. The zero-order chi connectivity index (χ0) is 13.2. The Morgan fingerprint density at radius 1 is 1.37 bits per heavy atom. The van der Waals surface area contributed by atoms with Crippen molar-refractivity contribution in [3.05, 3.63) is 41.8 Å². The first-order valence-corrected chi connectivity index (χ1v) is 6.30. The minimum Gasteiger partial charge on any atom is -0.388 e. The predicted octanol–water partition coefficient (Wildman–Crippen LogP) is 2.29. The molecule has 1 fully saturated rings. The standard InChI is InChI=1S/C14H15FN2O2/c15-11-3-1-9(2-4-11)13-12(7-16-17-13)14(18)10-5-6-19-8-10/h1-4,7,10,14,18H,5-6,8H2,(H,16,17). The van der Waals surface area contributed by atoms with E-state index >= 15 is 0 Å². The number of H-pyrrole nitrogens is 1. The largest absolute Gasteiger partial charge is 0.388 e. The maximum absolute atomic E-state index is 12.9. The molecular weight excluding hydrogens is 247 g/mol. The van der Waals surface area contributed by atoms with Gasteiger partial charge in [-0.2, -0.15) is 5.10 Å². The Labute approximate surface area is 110 Å². The molecule has 19 heavy (non-hydrogen) atoms. The molecule has 0 amide bonds. The molecule has 100 valence electrons. The Kier molecular flexibility index (Phi) is 3.31. The number of nitrogens with one attached hydrogen (secondary N) is 1. The molecule has 1 aliphatic rings. The Bertz CT molecular complexity index is 547. The third-order valence-corrected chi connectivity index (χ3v) is 3.53. The average Bonchev–Trinajstić information content (AvgIpc) is 3.10. The number of aromatic nitrogens is 2. The first kappa shape index (κ1) is 12.3. The van der Waals surface area contributed by atoms with E-state index < -0.39 is 6.10 Å². The molecule has 1 aliphatic heterocycles. The lowest BCUT2D eigenvalue weighted by Crippen LogP contribution is -2.12. The quantitative estimate of drug-likeness (QED) is 0.892. The van der Waals surface area contributed by atoms with Crippen LogP contribution in [0.5, 0.6) is 0 Å². The fourth-order valence-electron chi connectivity index (χ4n) is 2.42. The van der Waals surface area contributed by atoms with Crippen LogP contribution in [0.1, 0.15) is 18.1 Å². The summed E-state index contributed by atoms with van der Waals surface area (Å²) >= 11 is 0. The summed E-state index contributed by atoms with van der Waals surface area (Å²) in [6, 6.07) is 6.13. The van der Waals surface area contributed by atoms with Crippen LogP contribution in [0.3, 0.4) is 0 Å². The van der Waals surface area contributed by atoms with Crippen molar-refractivity contribution >= 4 is 0 Å². The molecule has 5 heteroatoms. The number of halogens is 1. The van der Waals surface area contributed by atoms with Gasteiger partial charge in [-0.3, -0.25) is 5.10 Å². The van der Waals surface area contributed by atoms with Gasteiger partial charge >= 0.3 is 0 Å². The van der Waals surface area contributed by atoms with Crippen LogP contribution in [0.25, 0.3) is 11.3 Å². The van der Waals surface area contributed by atoms with E-state index in [1.165, 1.54) is 12.1 Å². The van der Waals surface area contributed by atoms with Gasteiger partial charge in [-0.05, 0) is 30.7 Å². The zero-order valence-corrected chi connectivity index (χ0v) is 10.3. The minimum absolute atomic E-state index is 0.0943. The van der Waals surface area contributed by atoms with Gasteiger partial charge in [-0.1, -0.05) is 0 Å². The van der Waals surface area contributed by atoms with Crippen molar-refractivity contribution in [2.75, 3.05) is 13.2 Å².